The Labute approximate surface area is 382 Å². The van der Waals surface area contributed by atoms with Gasteiger partial charge in [0.15, 0.2) is 0 Å². The summed E-state index contributed by atoms with van der Waals surface area (Å²) < 4.78 is 2.87. The molecule has 0 saturated carbocycles. The Hall–Kier alpha value is -7.94. The minimum atomic E-state index is 0.168. The van der Waals surface area contributed by atoms with Crippen molar-refractivity contribution in [2.24, 2.45) is 0 Å². The molecule has 0 saturated heterocycles. The molecule has 3 heterocycles. The van der Waals surface area contributed by atoms with Crippen LogP contribution in [0.15, 0.2) is 231 Å². The van der Waals surface area contributed by atoms with Crippen molar-refractivity contribution < 1.29 is 0 Å². The van der Waals surface area contributed by atoms with E-state index in [1.165, 1.54) is 107 Å². The van der Waals surface area contributed by atoms with Crippen LogP contribution in [0.2, 0.25) is 0 Å². The monoisotopic (exact) mass is 890 g/mol. The van der Waals surface area contributed by atoms with Gasteiger partial charge in [0.1, 0.15) is 0 Å². The quantitative estimate of drug-likeness (QED) is 0.123. The second kappa shape index (κ2) is 15.4. The van der Waals surface area contributed by atoms with Crippen molar-refractivity contribution >= 4 is 76.9 Å². The molecule has 13 aromatic rings. The molecule has 0 unspecified atom stereocenters. The topological polar surface area (TPSA) is 25.8 Å². The molecule has 0 aliphatic rings. The Bertz CT molecular complexity index is 3810. The van der Waals surface area contributed by atoms with Crippen LogP contribution in [0, 0.1) is 0 Å². The molecular formula is C62H38N2Se. The van der Waals surface area contributed by atoms with Gasteiger partial charge < -0.3 is 0 Å². The molecule has 65 heavy (non-hydrogen) atoms. The summed E-state index contributed by atoms with van der Waals surface area (Å²) in [6.07, 6.45) is 7.57. The van der Waals surface area contributed by atoms with E-state index in [-0.39, 0.29) is 14.5 Å². The second-order valence-electron chi connectivity index (χ2n) is 16.9. The predicted molar refractivity (Wildman–Crippen MR) is 277 cm³/mol. The zero-order valence-electron chi connectivity index (χ0n) is 35.2. The Morgan fingerprint density at radius 1 is 0.231 bits per heavy atom. The van der Waals surface area contributed by atoms with Crippen molar-refractivity contribution in [1.29, 1.82) is 0 Å². The van der Waals surface area contributed by atoms with E-state index in [0.717, 1.165) is 22.3 Å². The van der Waals surface area contributed by atoms with Gasteiger partial charge in [-0.25, -0.2) is 0 Å². The average molecular weight is 890 g/mol. The molecule has 0 fully saturated rings. The van der Waals surface area contributed by atoms with Gasteiger partial charge in [-0.3, -0.25) is 9.97 Å². The fourth-order valence-corrected chi connectivity index (χ4v) is 12.7. The molecule has 10 aromatic carbocycles. The number of rotatable bonds is 6. The first-order valence-electron chi connectivity index (χ1n) is 22.1. The molecule has 13 rings (SSSR count). The molecule has 2 nitrogen and oxygen atoms in total. The van der Waals surface area contributed by atoms with Crippen LogP contribution >= 0.6 is 0 Å². The minimum absolute atomic E-state index is 0.168. The maximum atomic E-state index is 4.49. The third kappa shape index (κ3) is 6.24. The van der Waals surface area contributed by atoms with Crippen LogP contribution in [0.3, 0.4) is 0 Å². The van der Waals surface area contributed by atoms with Crippen molar-refractivity contribution in [3.05, 3.63) is 231 Å². The van der Waals surface area contributed by atoms with Crippen LogP contribution in [0.5, 0.6) is 0 Å². The van der Waals surface area contributed by atoms with E-state index in [1.54, 1.807) is 0 Å². The van der Waals surface area contributed by atoms with Crippen molar-refractivity contribution in [3.8, 4) is 66.8 Å². The molecule has 0 radical (unpaired) electrons. The van der Waals surface area contributed by atoms with E-state index in [4.69, 9.17) is 0 Å². The van der Waals surface area contributed by atoms with E-state index < -0.39 is 0 Å². The summed E-state index contributed by atoms with van der Waals surface area (Å²) in [6.45, 7) is 0. The number of hydrogen-bond donors (Lipinski definition) is 0. The van der Waals surface area contributed by atoms with Crippen molar-refractivity contribution in [1.82, 2.24) is 9.97 Å². The van der Waals surface area contributed by atoms with Gasteiger partial charge in [-0.05, 0) is 12.1 Å². The Balaban J connectivity index is 0.994. The van der Waals surface area contributed by atoms with Crippen LogP contribution in [0.1, 0.15) is 0 Å². The van der Waals surface area contributed by atoms with Crippen molar-refractivity contribution in [2.75, 3.05) is 0 Å². The van der Waals surface area contributed by atoms with Crippen molar-refractivity contribution in [2.45, 2.75) is 0 Å². The van der Waals surface area contributed by atoms with Gasteiger partial charge in [0.25, 0.3) is 0 Å². The van der Waals surface area contributed by atoms with Gasteiger partial charge in [0.05, 0.1) is 0 Å². The molecule has 0 N–H and O–H groups in total. The van der Waals surface area contributed by atoms with Gasteiger partial charge in [-0.15, -0.1) is 0 Å². The number of benzene rings is 10. The Morgan fingerprint density at radius 3 is 1.11 bits per heavy atom. The van der Waals surface area contributed by atoms with Gasteiger partial charge in [-0.1, -0.05) is 0 Å². The Morgan fingerprint density at radius 2 is 0.631 bits per heavy atom. The molecule has 0 amide bonds. The van der Waals surface area contributed by atoms with E-state index in [2.05, 4.69) is 204 Å². The number of fused-ring (bicyclic) bond motifs is 7. The number of aromatic nitrogens is 2. The van der Waals surface area contributed by atoms with Crippen LogP contribution in [0.25, 0.3) is 129 Å². The number of pyridine rings is 2. The Kier molecular flexibility index (Phi) is 8.91. The fraction of sp³-hybridized carbons (Fsp3) is 0. The van der Waals surface area contributed by atoms with E-state index in [0.29, 0.717) is 0 Å². The standard InChI is InChI=1S/C62H38N2Se/c1-2-14-39(15-3-1)59-48-18-4-6-20-50(48)60(51-21-7-5-19-49(51)59)40-27-29-57-56(35-40)47-28-26-41(36-58(47)65-57)61-52-22-8-10-24-54(52)62(55-25-11-9-23-53(55)61)46-33-44(42-16-12-30-63-37-42)32-45(34-46)43-17-13-31-64-38-43/h1-38H. The number of nitrogens with zero attached hydrogens (tertiary/aromatic N) is 2. The van der Waals surface area contributed by atoms with Crippen LogP contribution in [-0.4, -0.2) is 24.5 Å². The van der Waals surface area contributed by atoms with E-state index >= 15 is 0 Å². The summed E-state index contributed by atoms with van der Waals surface area (Å²) in [5, 5.41) is 12.8. The molecule has 0 bridgehead atoms. The van der Waals surface area contributed by atoms with Gasteiger partial charge in [0, 0.05) is 12.4 Å². The second-order valence-corrected chi connectivity index (χ2v) is 19.1. The molecule has 3 aromatic heterocycles. The molecule has 0 spiro atoms. The van der Waals surface area contributed by atoms with E-state index in [9.17, 15) is 0 Å². The van der Waals surface area contributed by atoms with Gasteiger partial charge in [0.2, 0.25) is 0 Å². The van der Waals surface area contributed by atoms with Gasteiger partial charge >= 0.3 is 350 Å². The molecule has 0 atom stereocenters. The predicted octanol–water partition coefficient (Wildman–Crippen LogP) is 16.5. The molecule has 302 valence electrons. The first kappa shape index (κ1) is 37.6. The van der Waals surface area contributed by atoms with Crippen LogP contribution in [-0.2, 0) is 0 Å². The van der Waals surface area contributed by atoms with Gasteiger partial charge in [-0.2, -0.15) is 0 Å². The molecule has 0 aliphatic carbocycles. The third-order valence-corrected chi connectivity index (χ3v) is 15.6. The molecular weight excluding hydrogens is 852 g/mol. The van der Waals surface area contributed by atoms with E-state index in [1.807, 2.05) is 36.9 Å². The SMILES string of the molecule is c1ccc(-c2c3ccccc3c(-c3ccc4[se]c5cc(-c6c7ccccc7c(-c7cc(-c8cccnc8)cc(-c8cccnc8)c7)c7ccccc67)ccc5c4c3)c3ccccc23)cc1. The zero-order chi connectivity index (χ0) is 42.8. The zero-order valence-corrected chi connectivity index (χ0v) is 37.0. The molecule has 0 aliphatic heterocycles. The summed E-state index contributed by atoms with van der Waals surface area (Å²) >= 11 is 0.168. The first-order chi connectivity index (χ1) is 32.2. The van der Waals surface area contributed by atoms with Crippen LogP contribution < -0.4 is 0 Å². The number of hydrogen-bond acceptors (Lipinski definition) is 2. The normalized spacial score (nSPS) is 11.7. The maximum absolute atomic E-state index is 4.49. The summed E-state index contributed by atoms with van der Waals surface area (Å²) in [7, 11) is 0. The first-order valence-corrected chi connectivity index (χ1v) is 23.8. The summed E-state index contributed by atoms with van der Waals surface area (Å²) in [4.78, 5) is 8.98. The van der Waals surface area contributed by atoms with Crippen LogP contribution in [0.4, 0.5) is 0 Å². The third-order valence-electron chi connectivity index (χ3n) is 13.2. The summed E-state index contributed by atoms with van der Waals surface area (Å²) in [5.74, 6) is 0. The fourth-order valence-electron chi connectivity index (χ4n) is 10.4. The molecule has 3 heteroatoms. The summed E-state index contributed by atoms with van der Waals surface area (Å²) in [6, 6.07) is 76.4. The van der Waals surface area contributed by atoms with Crippen molar-refractivity contribution in [3.63, 3.8) is 0 Å². The summed E-state index contributed by atoms with van der Waals surface area (Å²) in [5.41, 5.74) is 14.5. The average Bonchev–Trinajstić information content (AvgIpc) is 3.75.